The van der Waals surface area contributed by atoms with Crippen molar-refractivity contribution in [2.45, 2.75) is 27.2 Å². The molecule has 0 spiro atoms. The molecule has 0 amide bonds. The normalized spacial score (nSPS) is 10.9. The van der Waals surface area contributed by atoms with E-state index in [9.17, 15) is 9.59 Å². The number of nitrogens with two attached hydrogens (primary N) is 1. The Morgan fingerprint density at radius 3 is 1.67 bits per heavy atom. The first-order chi connectivity index (χ1) is 7.08. The molecule has 2 N–H and O–H groups in total. The fourth-order valence-electron chi connectivity index (χ4n) is 1.22. The summed E-state index contributed by atoms with van der Waals surface area (Å²) >= 11 is 0. The van der Waals surface area contributed by atoms with Crippen LogP contribution in [-0.4, -0.2) is 31.7 Å². The van der Waals surface area contributed by atoms with Gasteiger partial charge in [0.25, 0.3) is 0 Å². The molecular formula is C10H19NO4. The van der Waals surface area contributed by atoms with Gasteiger partial charge in [-0.3, -0.25) is 9.59 Å². The SMILES string of the molecule is CCOC(=O)C(CC)(CN)C(=O)OCC. The van der Waals surface area contributed by atoms with Gasteiger partial charge in [0.05, 0.1) is 13.2 Å². The lowest BCUT2D eigenvalue weighted by Crippen LogP contribution is -2.47. The second kappa shape index (κ2) is 6.40. The monoisotopic (exact) mass is 217 g/mol. The summed E-state index contributed by atoms with van der Waals surface area (Å²) in [6, 6.07) is 0. The van der Waals surface area contributed by atoms with Gasteiger partial charge in [0.2, 0.25) is 0 Å². The quantitative estimate of drug-likeness (QED) is 0.516. The lowest BCUT2D eigenvalue weighted by Gasteiger charge is -2.25. The van der Waals surface area contributed by atoms with Crippen LogP contribution in [0, 0.1) is 5.41 Å². The highest BCUT2D eigenvalue weighted by Crippen LogP contribution is 2.24. The second-order valence-corrected chi connectivity index (χ2v) is 3.08. The van der Waals surface area contributed by atoms with Crippen molar-refractivity contribution in [3.8, 4) is 0 Å². The van der Waals surface area contributed by atoms with Gasteiger partial charge in [-0.05, 0) is 20.3 Å². The first kappa shape index (κ1) is 13.9. The zero-order valence-electron chi connectivity index (χ0n) is 9.54. The van der Waals surface area contributed by atoms with E-state index in [1.165, 1.54) is 0 Å². The predicted molar refractivity (Wildman–Crippen MR) is 55.0 cm³/mol. The van der Waals surface area contributed by atoms with Crippen LogP contribution in [0.1, 0.15) is 27.2 Å². The average molecular weight is 217 g/mol. The molecule has 0 atom stereocenters. The third-order valence-electron chi connectivity index (χ3n) is 2.28. The van der Waals surface area contributed by atoms with E-state index in [-0.39, 0.29) is 26.2 Å². The van der Waals surface area contributed by atoms with Crippen LogP contribution >= 0.6 is 0 Å². The molecule has 0 bridgehead atoms. The van der Waals surface area contributed by atoms with E-state index in [2.05, 4.69) is 0 Å². The Bertz CT molecular complexity index is 203. The van der Waals surface area contributed by atoms with E-state index in [1.54, 1.807) is 20.8 Å². The molecule has 5 heteroatoms. The van der Waals surface area contributed by atoms with E-state index in [0.29, 0.717) is 0 Å². The molecule has 5 nitrogen and oxygen atoms in total. The van der Waals surface area contributed by atoms with Crippen molar-refractivity contribution in [2.24, 2.45) is 11.1 Å². The van der Waals surface area contributed by atoms with Crippen molar-refractivity contribution in [2.75, 3.05) is 19.8 Å². The van der Waals surface area contributed by atoms with Gasteiger partial charge in [0, 0.05) is 6.54 Å². The van der Waals surface area contributed by atoms with Crippen molar-refractivity contribution < 1.29 is 19.1 Å². The standard InChI is InChI=1S/C10H19NO4/c1-4-10(7-11,8(12)14-5-2)9(13)15-6-3/h4-7,11H2,1-3H3. The lowest BCUT2D eigenvalue weighted by atomic mass is 9.85. The number of esters is 2. The van der Waals surface area contributed by atoms with Crippen LogP contribution in [0.5, 0.6) is 0 Å². The smallest absolute Gasteiger partial charge is 0.324 e. The van der Waals surface area contributed by atoms with Gasteiger partial charge in [-0.2, -0.15) is 0 Å². The van der Waals surface area contributed by atoms with Crippen LogP contribution in [-0.2, 0) is 19.1 Å². The molecule has 0 aliphatic heterocycles. The summed E-state index contributed by atoms with van der Waals surface area (Å²) in [5.74, 6) is -1.21. The lowest BCUT2D eigenvalue weighted by molar-refractivity contribution is -0.171. The van der Waals surface area contributed by atoms with Crippen LogP contribution in [0.25, 0.3) is 0 Å². The molecule has 0 fully saturated rings. The molecule has 0 rings (SSSR count). The van der Waals surface area contributed by atoms with Crippen molar-refractivity contribution in [1.82, 2.24) is 0 Å². The fraction of sp³-hybridized carbons (Fsp3) is 0.800. The van der Waals surface area contributed by atoms with Gasteiger partial charge >= 0.3 is 11.9 Å². The number of carbonyl (C=O) groups is 2. The molecule has 0 heterocycles. The van der Waals surface area contributed by atoms with Gasteiger partial charge in [0.15, 0.2) is 5.41 Å². The highest BCUT2D eigenvalue weighted by molar-refractivity contribution is 6.00. The Morgan fingerprint density at radius 2 is 1.47 bits per heavy atom. The Hall–Kier alpha value is -1.10. The Labute approximate surface area is 89.9 Å². The Balaban J connectivity index is 4.86. The first-order valence-electron chi connectivity index (χ1n) is 5.13. The Kier molecular flexibility index (Phi) is 5.93. The summed E-state index contributed by atoms with van der Waals surface area (Å²) in [6.07, 6.45) is 0.279. The molecule has 0 saturated heterocycles. The molecular weight excluding hydrogens is 198 g/mol. The highest BCUT2D eigenvalue weighted by atomic mass is 16.6. The van der Waals surface area contributed by atoms with Gasteiger partial charge in [-0.1, -0.05) is 6.92 Å². The number of ether oxygens (including phenoxy) is 2. The summed E-state index contributed by atoms with van der Waals surface area (Å²) in [7, 11) is 0. The zero-order chi connectivity index (χ0) is 11.9. The fourth-order valence-corrected chi connectivity index (χ4v) is 1.22. The van der Waals surface area contributed by atoms with Crippen LogP contribution in [0.2, 0.25) is 0 Å². The molecule has 0 aliphatic carbocycles. The maximum absolute atomic E-state index is 11.6. The second-order valence-electron chi connectivity index (χ2n) is 3.08. The van der Waals surface area contributed by atoms with E-state index in [4.69, 9.17) is 15.2 Å². The van der Waals surface area contributed by atoms with Crippen LogP contribution in [0.3, 0.4) is 0 Å². The summed E-state index contributed by atoms with van der Waals surface area (Å²) in [4.78, 5) is 23.3. The summed E-state index contributed by atoms with van der Waals surface area (Å²) in [5, 5.41) is 0. The molecule has 0 aliphatic rings. The largest absolute Gasteiger partial charge is 0.465 e. The van der Waals surface area contributed by atoms with E-state index in [1.807, 2.05) is 0 Å². The predicted octanol–water partition coefficient (Wildman–Crippen LogP) is 0.468. The molecule has 0 radical (unpaired) electrons. The average Bonchev–Trinajstić information content (AvgIpc) is 2.21. The number of hydrogen-bond donors (Lipinski definition) is 1. The molecule has 0 aromatic heterocycles. The van der Waals surface area contributed by atoms with Crippen LogP contribution in [0.4, 0.5) is 0 Å². The maximum Gasteiger partial charge on any atom is 0.324 e. The molecule has 88 valence electrons. The third kappa shape index (κ3) is 2.92. The summed E-state index contributed by atoms with van der Waals surface area (Å²) in [5.41, 5.74) is 4.14. The third-order valence-corrected chi connectivity index (χ3v) is 2.28. The number of hydrogen-bond acceptors (Lipinski definition) is 5. The number of carbonyl (C=O) groups excluding carboxylic acids is 2. The zero-order valence-corrected chi connectivity index (χ0v) is 9.54. The van der Waals surface area contributed by atoms with Crippen LogP contribution in [0.15, 0.2) is 0 Å². The molecule has 0 unspecified atom stereocenters. The molecule has 0 saturated carbocycles. The minimum atomic E-state index is -1.34. The minimum absolute atomic E-state index is 0.0961. The van der Waals surface area contributed by atoms with Gasteiger partial charge in [-0.25, -0.2) is 0 Å². The Morgan fingerprint density at radius 1 is 1.07 bits per heavy atom. The van der Waals surface area contributed by atoms with E-state index >= 15 is 0 Å². The molecule has 15 heavy (non-hydrogen) atoms. The maximum atomic E-state index is 11.6. The molecule has 0 aromatic rings. The van der Waals surface area contributed by atoms with Gasteiger partial charge in [0.1, 0.15) is 0 Å². The van der Waals surface area contributed by atoms with Crippen molar-refractivity contribution in [3.05, 3.63) is 0 Å². The van der Waals surface area contributed by atoms with Gasteiger partial charge < -0.3 is 15.2 Å². The van der Waals surface area contributed by atoms with Crippen molar-refractivity contribution in [3.63, 3.8) is 0 Å². The first-order valence-corrected chi connectivity index (χ1v) is 5.13. The summed E-state index contributed by atoms with van der Waals surface area (Å²) in [6.45, 7) is 5.42. The van der Waals surface area contributed by atoms with Gasteiger partial charge in [-0.15, -0.1) is 0 Å². The van der Waals surface area contributed by atoms with E-state index in [0.717, 1.165) is 0 Å². The van der Waals surface area contributed by atoms with Crippen molar-refractivity contribution in [1.29, 1.82) is 0 Å². The number of rotatable bonds is 6. The molecule has 0 aromatic carbocycles. The summed E-state index contributed by atoms with van der Waals surface area (Å²) < 4.78 is 9.67. The van der Waals surface area contributed by atoms with Crippen molar-refractivity contribution >= 4 is 11.9 Å². The van der Waals surface area contributed by atoms with Crippen LogP contribution < -0.4 is 5.73 Å². The minimum Gasteiger partial charge on any atom is -0.465 e. The topological polar surface area (TPSA) is 78.6 Å². The highest BCUT2D eigenvalue weighted by Gasteiger charge is 2.46. The van der Waals surface area contributed by atoms with E-state index < -0.39 is 17.4 Å².